The Morgan fingerprint density at radius 3 is 2.94 bits per heavy atom. The maximum Gasteiger partial charge on any atom is 0.120 e. The van der Waals surface area contributed by atoms with Gasteiger partial charge in [-0.3, -0.25) is 4.90 Å². The Hall–Kier alpha value is -1.26. The van der Waals surface area contributed by atoms with Gasteiger partial charge in [-0.1, -0.05) is 0 Å². The Balaban J connectivity index is 2.12. The smallest absolute Gasteiger partial charge is 0.120 e. The highest BCUT2D eigenvalue weighted by molar-refractivity contribution is 5.39. The molecule has 2 atom stereocenters. The van der Waals surface area contributed by atoms with E-state index in [0.29, 0.717) is 11.8 Å². The first-order chi connectivity index (χ1) is 8.60. The first-order valence-electron chi connectivity index (χ1n) is 6.31. The first-order valence-corrected chi connectivity index (χ1v) is 6.31. The van der Waals surface area contributed by atoms with Crippen molar-refractivity contribution in [2.45, 2.75) is 32.5 Å². The lowest BCUT2D eigenvalue weighted by Gasteiger charge is -2.36. The van der Waals surface area contributed by atoms with E-state index >= 15 is 0 Å². The lowest BCUT2D eigenvalue weighted by Crippen LogP contribution is -2.46. The van der Waals surface area contributed by atoms with Gasteiger partial charge in [-0.25, -0.2) is 0 Å². The van der Waals surface area contributed by atoms with Crippen LogP contribution in [0.4, 0.5) is 0 Å². The molecule has 1 aromatic rings. The lowest BCUT2D eigenvalue weighted by molar-refractivity contribution is -0.0528. The van der Waals surface area contributed by atoms with Crippen LogP contribution in [0.25, 0.3) is 0 Å². The summed E-state index contributed by atoms with van der Waals surface area (Å²) in [5, 5.41) is 9.90. The topological polar surface area (TPSA) is 41.9 Å². The van der Waals surface area contributed by atoms with E-state index in [2.05, 4.69) is 18.7 Å². The first kappa shape index (κ1) is 13.2. The standard InChI is InChI=1S/C14H21NO3/c1-10-9-18-11(2)7-15(10)8-12-6-13(17-3)4-5-14(12)16/h4-6,10-11,16H,7-9H2,1-3H3. The van der Waals surface area contributed by atoms with Gasteiger partial charge in [0, 0.05) is 24.7 Å². The average molecular weight is 251 g/mol. The molecule has 0 spiro atoms. The van der Waals surface area contributed by atoms with Gasteiger partial charge in [-0.2, -0.15) is 0 Å². The van der Waals surface area contributed by atoms with Crippen LogP contribution in [0.5, 0.6) is 11.5 Å². The van der Waals surface area contributed by atoms with E-state index in [-0.39, 0.29) is 6.10 Å². The van der Waals surface area contributed by atoms with Gasteiger partial charge in [0.1, 0.15) is 11.5 Å². The minimum absolute atomic E-state index is 0.244. The summed E-state index contributed by atoms with van der Waals surface area (Å²) in [4.78, 5) is 2.32. The molecule has 18 heavy (non-hydrogen) atoms. The molecular formula is C14H21NO3. The minimum atomic E-state index is 0.244. The number of phenols is 1. The molecule has 1 saturated heterocycles. The molecule has 1 aliphatic heterocycles. The zero-order valence-corrected chi connectivity index (χ0v) is 11.2. The summed E-state index contributed by atoms with van der Waals surface area (Å²) in [6.07, 6.45) is 0.244. The second-order valence-electron chi connectivity index (χ2n) is 4.92. The zero-order chi connectivity index (χ0) is 13.1. The van der Waals surface area contributed by atoms with Crippen LogP contribution in [0.1, 0.15) is 19.4 Å². The number of nitrogens with zero attached hydrogens (tertiary/aromatic N) is 1. The van der Waals surface area contributed by atoms with E-state index in [0.717, 1.165) is 31.0 Å². The van der Waals surface area contributed by atoms with Crippen LogP contribution in [-0.2, 0) is 11.3 Å². The van der Waals surface area contributed by atoms with E-state index in [1.165, 1.54) is 0 Å². The van der Waals surface area contributed by atoms with Crippen LogP contribution in [0.15, 0.2) is 18.2 Å². The number of phenolic OH excluding ortho intramolecular Hbond substituents is 1. The highest BCUT2D eigenvalue weighted by Gasteiger charge is 2.24. The molecule has 2 unspecified atom stereocenters. The molecule has 1 heterocycles. The summed E-state index contributed by atoms with van der Waals surface area (Å²) in [6, 6.07) is 5.71. The van der Waals surface area contributed by atoms with Crippen molar-refractivity contribution in [3.05, 3.63) is 23.8 Å². The molecule has 1 N–H and O–H groups in total. The van der Waals surface area contributed by atoms with E-state index in [1.807, 2.05) is 6.07 Å². The fraction of sp³-hybridized carbons (Fsp3) is 0.571. The van der Waals surface area contributed by atoms with Crippen molar-refractivity contribution in [2.24, 2.45) is 0 Å². The van der Waals surface area contributed by atoms with Gasteiger partial charge >= 0.3 is 0 Å². The summed E-state index contributed by atoms with van der Waals surface area (Å²) < 4.78 is 10.8. The van der Waals surface area contributed by atoms with E-state index in [1.54, 1.807) is 19.2 Å². The maximum atomic E-state index is 9.90. The van der Waals surface area contributed by atoms with Gasteiger partial charge < -0.3 is 14.6 Å². The SMILES string of the molecule is COc1ccc(O)c(CN2CC(C)OCC2C)c1. The second kappa shape index (κ2) is 5.59. The van der Waals surface area contributed by atoms with Crippen molar-refractivity contribution in [1.29, 1.82) is 0 Å². The van der Waals surface area contributed by atoms with E-state index in [4.69, 9.17) is 9.47 Å². The molecule has 0 radical (unpaired) electrons. The van der Waals surface area contributed by atoms with Crippen LogP contribution >= 0.6 is 0 Å². The Kier molecular flexibility index (Phi) is 4.09. The number of hydrogen-bond donors (Lipinski definition) is 1. The monoisotopic (exact) mass is 251 g/mol. The molecule has 4 nitrogen and oxygen atoms in total. The average Bonchev–Trinajstić information content (AvgIpc) is 2.36. The number of aromatic hydroxyl groups is 1. The van der Waals surface area contributed by atoms with Crippen molar-refractivity contribution in [1.82, 2.24) is 4.90 Å². The van der Waals surface area contributed by atoms with E-state index in [9.17, 15) is 5.11 Å². The van der Waals surface area contributed by atoms with Crippen molar-refractivity contribution < 1.29 is 14.6 Å². The van der Waals surface area contributed by atoms with Crippen molar-refractivity contribution in [3.63, 3.8) is 0 Å². The zero-order valence-electron chi connectivity index (χ0n) is 11.2. The summed E-state index contributed by atoms with van der Waals surface area (Å²) in [6.45, 7) is 6.56. The number of benzene rings is 1. The molecule has 0 aromatic heterocycles. The molecule has 2 rings (SSSR count). The van der Waals surface area contributed by atoms with Crippen LogP contribution in [0.3, 0.4) is 0 Å². The van der Waals surface area contributed by atoms with Crippen LogP contribution < -0.4 is 4.74 Å². The van der Waals surface area contributed by atoms with Gasteiger partial charge in [-0.05, 0) is 32.0 Å². The van der Waals surface area contributed by atoms with Crippen LogP contribution in [-0.4, -0.2) is 42.4 Å². The number of ether oxygens (including phenoxy) is 2. The van der Waals surface area contributed by atoms with Gasteiger partial charge in [0.2, 0.25) is 0 Å². The molecule has 1 fully saturated rings. The lowest BCUT2D eigenvalue weighted by atomic mass is 10.1. The fourth-order valence-electron chi connectivity index (χ4n) is 2.23. The third kappa shape index (κ3) is 2.94. The normalized spacial score (nSPS) is 25.1. The Labute approximate surface area is 108 Å². The van der Waals surface area contributed by atoms with Crippen LogP contribution in [0.2, 0.25) is 0 Å². The molecule has 0 amide bonds. The quantitative estimate of drug-likeness (QED) is 0.892. The molecule has 0 aliphatic carbocycles. The fourth-order valence-corrected chi connectivity index (χ4v) is 2.23. The van der Waals surface area contributed by atoms with Crippen molar-refractivity contribution in [3.8, 4) is 11.5 Å². The molecule has 0 bridgehead atoms. The van der Waals surface area contributed by atoms with Gasteiger partial charge in [0.05, 0.1) is 19.8 Å². The van der Waals surface area contributed by atoms with Gasteiger partial charge in [0.25, 0.3) is 0 Å². The molecule has 4 heteroatoms. The number of hydrogen-bond acceptors (Lipinski definition) is 4. The van der Waals surface area contributed by atoms with Gasteiger partial charge in [0.15, 0.2) is 0 Å². The summed E-state index contributed by atoms with van der Waals surface area (Å²) in [5.74, 6) is 1.10. The molecule has 100 valence electrons. The Morgan fingerprint density at radius 2 is 2.22 bits per heavy atom. The maximum absolute atomic E-state index is 9.90. The molecule has 0 saturated carbocycles. The van der Waals surface area contributed by atoms with Crippen LogP contribution in [0, 0.1) is 0 Å². The van der Waals surface area contributed by atoms with Crippen molar-refractivity contribution >= 4 is 0 Å². The molecule has 1 aromatic carbocycles. The second-order valence-corrected chi connectivity index (χ2v) is 4.92. The molecule has 1 aliphatic rings. The number of morpholine rings is 1. The summed E-state index contributed by atoms with van der Waals surface area (Å²) >= 11 is 0. The van der Waals surface area contributed by atoms with E-state index < -0.39 is 0 Å². The highest BCUT2D eigenvalue weighted by atomic mass is 16.5. The minimum Gasteiger partial charge on any atom is -0.508 e. The largest absolute Gasteiger partial charge is 0.508 e. The predicted molar refractivity (Wildman–Crippen MR) is 69.9 cm³/mol. The number of methoxy groups -OCH3 is 1. The third-order valence-electron chi connectivity index (χ3n) is 3.40. The number of rotatable bonds is 3. The predicted octanol–water partition coefficient (Wildman–Crippen LogP) is 2.01. The highest BCUT2D eigenvalue weighted by Crippen LogP contribution is 2.25. The third-order valence-corrected chi connectivity index (χ3v) is 3.40. The van der Waals surface area contributed by atoms with Crippen molar-refractivity contribution in [2.75, 3.05) is 20.3 Å². The summed E-state index contributed by atoms with van der Waals surface area (Å²) in [5.41, 5.74) is 0.898. The Bertz CT molecular complexity index is 408. The molecular weight excluding hydrogens is 230 g/mol. The summed E-state index contributed by atoms with van der Waals surface area (Å²) in [7, 11) is 1.63. The van der Waals surface area contributed by atoms with Gasteiger partial charge in [-0.15, -0.1) is 0 Å². The Morgan fingerprint density at radius 1 is 1.44 bits per heavy atom.